The van der Waals surface area contributed by atoms with Crippen molar-refractivity contribution >= 4 is 38.9 Å². The Hall–Kier alpha value is -1.44. The zero-order valence-electron chi connectivity index (χ0n) is 12.0. The van der Waals surface area contributed by atoms with Crippen LogP contribution in [0.4, 0.5) is 0 Å². The first kappa shape index (κ1) is 15.1. The minimum atomic E-state index is -3.94. The Morgan fingerprint density at radius 2 is 2.17 bits per heavy atom. The molecule has 2 aromatic rings. The molecule has 2 aliphatic carbocycles. The fourth-order valence-electron chi connectivity index (χ4n) is 3.55. The van der Waals surface area contributed by atoms with E-state index in [1.165, 1.54) is 16.5 Å². The molecule has 23 heavy (non-hydrogen) atoms. The summed E-state index contributed by atoms with van der Waals surface area (Å²) in [5.41, 5.74) is 2.27. The van der Waals surface area contributed by atoms with Crippen molar-refractivity contribution in [2.45, 2.75) is 29.0 Å². The number of rotatable bonds is 3. The third-order valence-corrected chi connectivity index (χ3v) is 7.63. The molecule has 0 bridgehead atoms. The molecule has 1 amide bonds. The summed E-state index contributed by atoms with van der Waals surface area (Å²) < 4.78 is 26.4. The minimum Gasteiger partial charge on any atom is -0.274 e. The highest BCUT2D eigenvalue weighted by Gasteiger charge is 2.61. The Morgan fingerprint density at radius 1 is 1.39 bits per heavy atom. The van der Waals surface area contributed by atoms with Crippen LogP contribution in [0.1, 0.15) is 24.0 Å². The van der Waals surface area contributed by atoms with Crippen LogP contribution in [0.25, 0.3) is 0 Å². The van der Waals surface area contributed by atoms with Gasteiger partial charge in [0.15, 0.2) is 0 Å². The molecule has 1 heterocycles. The number of benzene rings is 1. The number of thiazole rings is 1. The van der Waals surface area contributed by atoms with Crippen LogP contribution in [-0.2, 0) is 26.7 Å². The van der Waals surface area contributed by atoms with E-state index >= 15 is 0 Å². The van der Waals surface area contributed by atoms with Crippen molar-refractivity contribution < 1.29 is 13.2 Å². The molecule has 4 rings (SSSR count). The number of hydrogen-bond donors (Lipinski definition) is 1. The Balaban J connectivity index is 1.54. The Morgan fingerprint density at radius 3 is 2.91 bits per heavy atom. The molecule has 1 aromatic heterocycles. The number of sulfonamides is 1. The molecule has 0 radical (unpaired) electrons. The van der Waals surface area contributed by atoms with Gasteiger partial charge >= 0.3 is 0 Å². The number of nitrogens with one attached hydrogen (secondary N) is 1. The zero-order chi connectivity index (χ0) is 16.2. The van der Waals surface area contributed by atoms with E-state index in [4.69, 9.17) is 11.6 Å². The predicted molar refractivity (Wildman–Crippen MR) is 87.0 cm³/mol. The maximum absolute atomic E-state index is 12.4. The lowest BCUT2D eigenvalue weighted by Crippen LogP contribution is -2.33. The van der Waals surface area contributed by atoms with E-state index in [9.17, 15) is 13.2 Å². The molecule has 0 aliphatic heterocycles. The van der Waals surface area contributed by atoms with Crippen molar-refractivity contribution in [2.24, 2.45) is 5.92 Å². The molecule has 2 aliphatic rings. The van der Waals surface area contributed by atoms with E-state index in [0.29, 0.717) is 6.42 Å². The quantitative estimate of drug-likeness (QED) is 0.903. The number of aryl methyl sites for hydroxylation is 1. The molecule has 120 valence electrons. The lowest BCUT2D eigenvalue weighted by molar-refractivity contribution is -0.121. The summed E-state index contributed by atoms with van der Waals surface area (Å²) in [7, 11) is -3.94. The molecule has 8 heteroatoms. The van der Waals surface area contributed by atoms with E-state index < -0.39 is 15.9 Å². The van der Waals surface area contributed by atoms with Crippen molar-refractivity contribution in [3.63, 3.8) is 0 Å². The highest BCUT2D eigenvalue weighted by atomic mass is 35.5. The van der Waals surface area contributed by atoms with E-state index in [2.05, 4.69) is 15.8 Å². The smallest absolute Gasteiger partial charge is 0.274 e. The van der Waals surface area contributed by atoms with Crippen LogP contribution < -0.4 is 4.72 Å². The zero-order valence-corrected chi connectivity index (χ0v) is 14.3. The highest BCUT2D eigenvalue weighted by molar-refractivity contribution is 7.92. The van der Waals surface area contributed by atoms with Crippen molar-refractivity contribution in [3.8, 4) is 0 Å². The lowest BCUT2D eigenvalue weighted by Gasteiger charge is -2.11. The van der Waals surface area contributed by atoms with Crippen molar-refractivity contribution in [1.29, 1.82) is 0 Å². The molecule has 1 aromatic carbocycles. The maximum Gasteiger partial charge on any atom is 0.291 e. The predicted octanol–water partition coefficient (Wildman–Crippen LogP) is 2.51. The fourth-order valence-corrected chi connectivity index (χ4v) is 5.76. The molecule has 1 saturated carbocycles. The van der Waals surface area contributed by atoms with Crippen LogP contribution in [0.2, 0.25) is 5.15 Å². The first-order valence-electron chi connectivity index (χ1n) is 7.18. The van der Waals surface area contributed by atoms with Gasteiger partial charge in [-0.05, 0) is 30.4 Å². The van der Waals surface area contributed by atoms with Crippen molar-refractivity contribution in [3.05, 3.63) is 45.9 Å². The number of nitrogens with zero attached hydrogens (tertiary/aromatic N) is 1. The summed E-state index contributed by atoms with van der Waals surface area (Å²) in [5, 5.41) is 1.53. The molecule has 1 fully saturated rings. The largest absolute Gasteiger partial charge is 0.291 e. The first-order chi connectivity index (χ1) is 10.9. The van der Waals surface area contributed by atoms with E-state index in [0.717, 1.165) is 24.2 Å². The number of amides is 1. The van der Waals surface area contributed by atoms with E-state index in [1.807, 2.05) is 18.2 Å². The van der Waals surface area contributed by atoms with Gasteiger partial charge in [-0.1, -0.05) is 35.9 Å². The molecule has 1 spiro atoms. The standard InChI is InChI=1S/C15H13ClN2O3S2/c16-12-8-22-14(17-12)23(20,21)18-13(19)11-7-15(11)6-5-9-3-1-2-4-10(9)15/h1-4,8,11H,5-7H2,(H,18,19). The van der Waals surface area contributed by atoms with E-state index in [-0.39, 0.29) is 20.8 Å². The monoisotopic (exact) mass is 368 g/mol. The van der Waals surface area contributed by atoms with Gasteiger partial charge < -0.3 is 0 Å². The van der Waals surface area contributed by atoms with Gasteiger partial charge in [0.25, 0.3) is 10.0 Å². The molecule has 2 unspecified atom stereocenters. The van der Waals surface area contributed by atoms with Gasteiger partial charge in [-0.15, -0.1) is 11.3 Å². The van der Waals surface area contributed by atoms with Crippen LogP contribution >= 0.6 is 22.9 Å². The van der Waals surface area contributed by atoms with Crippen LogP contribution in [-0.4, -0.2) is 19.3 Å². The molecule has 0 saturated heterocycles. The number of fused-ring (bicyclic) bond motifs is 2. The first-order valence-corrected chi connectivity index (χ1v) is 9.92. The summed E-state index contributed by atoms with van der Waals surface area (Å²) in [6.07, 6.45) is 2.53. The highest BCUT2D eigenvalue weighted by Crippen LogP contribution is 2.61. The summed E-state index contributed by atoms with van der Waals surface area (Å²) >= 11 is 6.55. The Labute approximate surface area is 142 Å². The molecule has 1 N–H and O–H groups in total. The van der Waals surface area contributed by atoms with Crippen molar-refractivity contribution in [2.75, 3.05) is 0 Å². The lowest BCUT2D eigenvalue weighted by atomic mass is 9.95. The van der Waals surface area contributed by atoms with Gasteiger partial charge in [0.2, 0.25) is 10.2 Å². The normalized spacial score (nSPS) is 25.3. The molecule has 2 atom stereocenters. The van der Waals surface area contributed by atoms with Crippen molar-refractivity contribution in [1.82, 2.24) is 9.71 Å². The third-order valence-electron chi connectivity index (χ3n) is 4.71. The second kappa shape index (κ2) is 5.03. The fraction of sp³-hybridized carbons (Fsp3) is 0.333. The Bertz CT molecular complexity index is 909. The second-order valence-electron chi connectivity index (χ2n) is 5.98. The number of carbonyl (C=O) groups is 1. The number of halogens is 1. The van der Waals surface area contributed by atoms with Crippen LogP contribution in [0, 0.1) is 5.92 Å². The number of carbonyl (C=O) groups excluding carboxylic acids is 1. The summed E-state index contributed by atoms with van der Waals surface area (Å²) in [6.45, 7) is 0. The molecular weight excluding hydrogens is 356 g/mol. The topological polar surface area (TPSA) is 76.1 Å². The summed E-state index contributed by atoms with van der Waals surface area (Å²) in [5.74, 6) is -0.746. The average molecular weight is 369 g/mol. The van der Waals surface area contributed by atoms with Gasteiger partial charge in [0.1, 0.15) is 5.15 Å². The number of aromatic nitrogens is 1. The van der Waals surface area contributed by atoms with Gasteiger partial charge in [0, 0.05) is 16.7 Å². The number of hydrogen-bond acceptors (Lipinski definition) is 5. The van der Waals surface area contributed by atoms with E-state index in [1.54, 1.807) is 0 Å². The van der Waals surface area contributed by atoms with Crippen LogP contribution in [0.5, 0.6) is 0 Å². The average Bonchev–Trinajstić information content (AvgIpc) is 2.87. The summed E-state index contributed by atoms with van der Waals surface area (Å²) in [6, 6.07) is 8.08. The third kappa shape index (κ3) is 2.38. The second-order valence-corrected chi connectivity index (χ2v) is 9.08. The Kier molecular flexibility index (Phi) is 3.30. The molecular formula is C15H13ClN2O3S2. The van der Waals surface area contributed by atoms with Gasteiger partial charge in [0.05, 0.1) is 0 Å². The molecule has 5 nitrogen and oxygen atoms in total. The van der Waals surface area contributed by atoms with Gasteiger partial charge in [-0.3, -0.25) is 4.79 Å². The maximum atomic E-state index is 12.4. The minimum absolute atomic E-state index is 0.107. The summed E-state index contributed by atoms with van der Waals surface area (Å²) in [4.78, 5) is 16.1. The van der Waals surface area contributed by atoms with Gasteiger partial charge in [-0.25, -0.2) is 9.71 Å². The van der Waals surface area contributed by atoms with Crippen LogP contribution in [0.3, 0.4) is 0 Å². The van der Waals surface area contributed by atoms with Gasteiger partial charge in [-0.2, -0.15) is 8.42 Å². The SMILES string of the molecule is O=C(NS(=O)(=O)c1nc(Cl)cs1)C1CC12CCc1ccccc12. The van der Waals surface area contributed by atoms with Crippen LogP contribution in [0.15, 0.2) is 34.0 Å².